The molecule has 1 aliphatic rings. The van der Waals surface area contributed by atoms with E-state index in [1.165, 1.54) is 11.1 Å². The van der Waals surface area contributed by atoms with E-state index in [-0.39, 0.29) is 6.04 Å². The van der Waals surface area contributed by atoms with Gasteiger partial charge in [0.25, 0.3) is 0 Å². The van der Waals surface area contributed by atoms with Gasteiger partial charge in [-0.3, -0.25) is 0 Å². The number of pyridine rings is 1. The molecule has 20 heavy (non-hydrogen) atoms. The van der Waals surface area contributed by atoms with Crippen LogP contribution >= 0.6 is 23.2 Å². The van der Waals surface area contributed by atoms with Crippen molar-refractivity contribution in [1.29, 1.82) is 0 Å². The summed E-state index contributed by atoms with van der Waals surface area (Å²) >= 11 is 12.1. The zero-order valence-electron chi connectivity index (χ0n) is 11.1. The first kappa shape index (κ1) is 13.5. The van der Waals surface area contributed by atoms with Gasteiger partial charge in [-0.1, -0.05) is 29.3 Å². The molecule has 0 aliphatic heterocycles. The van der Waals surface area contributed by atoms with Crippen LogP contribution in [0.3, 0.4) is 0 Å². The summed E-state index contributed by atoms with van der Waals surface area (Å²) in [4.78, 5) is 4.09. The molecule has 0 bridgehead atoms. The summed E-state index contributed by atoms with van der Waals surface area (Å²) in [7, 11) is 0. The number of nitrogens with one attached hydrogen (secondary N) is 1. The summed E-state index contributed by atoms with van der Waals surface area (Å²) in [6.45, 7) is 1.97. The number of hydrogen-bond donors (Lipinski definition) is 2. The Labute approximate surface area is 128 Å². The molecule has 2 aromatic rings. The Morgan fingerprint density at radius 2 is 2.10 bits per heavy atom. The fourth-order valence-electron chi connectivity index (χ4n) is 2.73. The zero-order chi connectivity index (χ0) is 14.3. The fraction of sp³-hybridized carbons (Fsp3) is 0.267. The van der Waals surface area contributed by atoms with Gasteiger partial charge in [0.05, 0.1) is 11.7 Å². The van der Waals surface area contributed by atoms with Crippen molar-refractivity contribution in [3.63, 3.8) is 0 Å². The monoisotopic (exact) mass is 307 g/mol. The molecule has 0 spiro atoms. The lowest BCUT2D eigenvalue weighted by molar-refractivity contribution is 0.760. The first-order valence-corrected chi connectivity index (χ1v) is 7.27. The SMILES string of the molecule is Cc1cc(Cl)nc(Cl)c1NC1CCc2cc(N)ccc21. The molecule has 1 aromatic carbocycles. The molecule has 3 rings (SSSR count). The minimum Gasteiger partial charge on any atom is -0.399 e. The smallest absolute Gasteiger partial charge is 0.154 e. The molecule has 1 aromatic heterocycles. The van der Waals surface area contributed by atoms with Gasteiger partial charge in [-0.15, -0.1) is 0 Å². The third kappa shape index (κ3) is 2.43. The lowest BCUT2D eigenvalue weighted by Gasteiger charge is -2.18. The van der Waals surface area contributed by atoms with Crippen molar-refractivity contribution in [3.05, 3.63) is 51.3 Å². The molecule has 1 atom stereocenters. The molecule has 5 heteroatoms. The van der Waals surface area contributed by atoms with Gasteiger partial charge in [0.1, 0.15) is 5.15 Å². The molecule has 0 saturated carbocycles. The van der Waals surface area contributed by atoms with E-state index in [4.69, 9.17) is 28.9 Å². The molecule has 3 N–H and O–H groups in total. The molecule has 104 valence electrons. The van der Waals surface area contributed by atoms with Gasteiger partial charge in [-0.2, -0.15) is 0 Å². The van der Waals surface area contributed by atoms with Crippen LogP contribution in [-0.2, 0) is 6.42 Å². The van der Waals surface area contributed by atoms with Gasteiger partial charge >= 0.3 is 0 Å². The highest BCUT2D eigenvalue weighted by Crippen LogP contribution is 2.37. The van der Waals surface area contributed by atoms with Crippen molar-refractivity contribution in [2.75, 3.05) is 11.1 Å². The Bertz CT molecular complexity index is 647. The Balaban J connectivity index is 1.91. The van der Waals surface area contributed by atoms with Crippen molar-refractivity contribution in [1.82, 2.24) is 4.98 Å². The molecule has 0 amide bonds. The van der Waals surface area contributed by atoms with Crippen LogP contribution in [0.2, 0.25) is 10.3 Å². The Morgan fingerprint density at radius 3 is 2.85 bits per heavy atom. The normalized spacial score (nSPS) is 17.1. The van der Waals surface area contributed by atoms with E-state index in [1.54, 1.807) is 0 Å². The Morgan fingerprint density at radius 1 is 1.30 bits per heavy atom. The van der Waals surface area contributed by atoms with Gasteiger partial charge in [-0.25, -0.2) is 4.98 Å². The van der Waals surface area contributed by atoms with Crippen LogP contribution in [0.15, 0.2) is 24.3 Å². The van der Waals surface area contributed by atoms with Crippen LogP contribution < -0.4 is 11.1 Å². The van der Waals surface area contributed by atoms with E-state index < -0.39 is 0 Å². The standard InChI is InChI=1S/C15H15Cl2N3/c1-8-6-13(16)20-15(17)14(8)19-12-5-2-9-7-10(18)3-4-11(9)12/h3-4,6-7,12,19H,2,5,18H2,1H3. The lowest BCUT2D eigenvalue weighted by atomic mass is 10.1. The number of hydrogen-bond acceptors (Lipinski definition) is 3. The summed E-state index contributed by atoms with van der Waals surface area (Å²) in [5, 5.41) is 4.32. The summed E-state index contributed by atoms with van der Waals surface area (Å²) in [6.07, 6.45) is 2.05. The van der Waals surface area contributed by atoms with Crippen molar-refractivity contribution in [2.24, 2.45) is 0 Å². The number of nitrogens with zero attached hydrogens (tertiary/aromatic N) is 1. The maximum Gasteiger partial charge on any atom is 0.154 e. The zero-order valence-corrected chi connectivity index (χ0v) is 12.6. The number of aromatic nitrogens is 1. The first-order chi connectivity index (χ1) is 9.54. The van der Waals surface area contributed by atoms with Crippen molar-refractivity contribution >= 4 is 34.6 Å². The van der Waals surface area contributed by atoms with Crippen molar-refractivity contribution < 1.29 is 0 Å². The summed E-state index contributed by atoms with van der Waals surface area (Å²) < 4.78 is 0. The Kier molecular flexibility index (Phi) is 3.48. The minimum atomic E-state index is 0.241. The van der Waals surface area contributed by atoms with Gasteiger partial charge in [0, 0.05) is 5.69 Å². The van der Waals surface area contributed by atoms with Crippen molar-refractivity contribution in [2.45, 2.75) is 25.8 Å². The minimum absolute atomic E-state index is 0.241. The highest BCUT2D eigenvalue weighted by Gasteiger charge is 2.23. The first-order valence-electron chi connectivity index (χ1n) is 6.52. The quantitative estimate of drug-likeness (QED) is 0.639. The van der Waals surface area contributed by atoms with E-state index >= 15 is 0 Å². The van der Waals surface area contributed by atoms with Crippen LogP contribution in [0.5, 0.6) is 0 Å². The van der Waals surface area contributed by atoms with E-state index in [0.717, 1.165) is 29.8 Å². The van der Waals surface area contributed by atoms with Gasteiger partial charge in [0.15, 0.2) is 5.15 Å². The van der Waals surface area contributed by atoms with E-state index in [2.05, 4.69) is 16.4 Å². The second-order valence-corrected chi connectivity index (χ2v) is 5.87. The van der Waals surface area contributed by atoms with Crippen LogP contribution in [-0.4, -0.2) is 4.98 Å². The molecule has 0 saturated heterocycles. The third-order valence-electron chi connectivity index (χ3n) is 3.70. The number of fused-ring (bicyclic) bond motifs is 1. The topological polar surface area (TPSA) is 50.9 Å². The average Bonchev–Trinajstić information content (AvgIpc) is 2.76. The van der Waals surface area contributed by atoms with Crippen LogP contribution in [0.25, 0.3) is 0 Å². The Hall–Kier alpha value is -1.45. The highest BCUT2D eigenvalue weighted by atomic mass is 35.5. The second-order valence-electron chi connectivity index (χ2n) is 5.12. The predicted molar refractivity (Wildman–Crippen MR) is 84.5 cm³/mol. The number of nitrogen functional groups attached to an aromatic ring is 1. The molecule has 1 unspecified atom stereocenters. The van der Waals surface area contributed by atoms with Gasteiger partial charge < -0.3 is 11.1 Å². The molecule has 0 fully saturated rings. The number of benzene rings is 1. The lowest BCUT2D eigenvalue weighted by Crippen LogP contribution is -2.09. The molecule has 1 heterocycles. The number of halogens is 2. The van der Waals surface area contributed by atoms with E-state index in [9.17, 15) is 0 Å². The predicted octanol–water partition coefficient (Wildman–Crippen LogP) is 4.38. The van der Waals surface area contributed by atoms with Crippen LogP contribution in [0.4, 0.5) is 11.4 Å². The van der Waals surface area contributed by atoms with Crippen LogP contribution in [0, 0.1) is 6.92 Å². The molecule has 1 aliphatic carbocycles. The summed E-state index contributed by atoms with van der Waals surface area (Å²) in [5.74, 6) is 0. The average molecular weight is 308 g/mol. The fourth-order valence-corrected chi connectivity index (χ4v) is 3.32. The van der Waals surface area contributed by atoms with Crippen LogP contribution in [0.1, 0.15) is 29.2 Å². The second kappa shape index (κ2) is 5.15. The largest absolute Gasteiger partial charge is 0.399 e. The highest BCUT2D eigenvalue weighted by molar-refractivity contribution is 6.34. The maximum atomic E-state index is 6.19. The number of rotatable bonds is 2. The van der Waals surface area contributed by atoms with Gasteiger partial charge in [-0.05, 0) is 54.7 Å². The molecule has 3 nitrogen and oxygen atoms in total. The molecular weight excluding hydrogens is 293 g/mol. The number of nitrogens with two attached hydrogens (primary N) is 1. The maximum absolute atomic E-state index is 6.19. The van der Waals surface area contributed by atoms with Crippen molar-refractivity contribution in [3.8, 4) is 0 Å². The molecule has 0 radical (unpaired) electrons. The molecular formula is C15H15Cl2N3. The third-order valence-corrected chi connectivity index (χ3v) is 4.17. The van der Waals surface area contributed by atoms with E-state index in [1.807, 2.05) is 25.1 Å². The number of anilines is 2. The van der Waals surface area contributed by atoms with Gasteiger partial charge in [0.2, 0.25) is 0 Å². The number of aryl methyl sites for hydroxylation is 2. The summed E-state index contributed by atoms with van der Waals surface area (Å²) in [5.41, 5.74) is 11.1. The van der Waals surface area contributed by atoms with E-state index in [0.29, 0.717) is 10.3 Å². The summed E-state index contributed by atoms with van der Waals surface area (Å²) in [6, 6.07) is 8.12.